The van der Waals surface area contributed by atoms with Gasteiger partial charge in [-0.25, -0.2) is 13.7 Å². The number of halogens is 3. The minimum atomic E-state index is -4.02. The number of carbonyl (C=O) groups excluding carboxylic acids is 4. The number of nitrogens with one attached hydrogen (secondary N) is 3. The molecule has 1 saturated heterocycles. The van der Waals surface area contributed by atoms with E-state index >= 15 is 13.2 Å². The first-order valence-electron chi connectivity index (χ1n) is 17.3. The van der Waals surface area contributed by atoms with E-state index in [4.69, 9.17) is 4.74 Å². The number of hydrogen-bond donors (Lipinski definition) is 3. The molecule has 2 aromatic heterocycles. The zero-order valence-corrected chi connectivity index (χ0v) is 30.4. The summed E-state index contributed by atoms with van der Waals surface area (Å²) in [7, 11) is 3.29. The fourth-order valence-electron chi connectivity index (χ4n) is 6.55. The average molecular weight is 744 g/mol. The third-order valence-corrected chi connectivity index (χ3v) is 10.6. The van der Waals surface area contributed by atoms with Crippen LogP contribution in [-0.4, -0.2) is 95.2 Å². The van der Waals surface area contributed by atoms with Crippen molar-refractivity contribution in [1.82, 2.24) is 29.8 Å². The molecule has 5 rings (SSSR count). The molecule has 52 heavy (non-hydrogen) atoms. The Balaban J connectivity index is 1.34. The minimum absolute atomic E-state index is 0.0915. The van der Waals surface area contributed by atoms with Crippen LogP contribution in [0.1, 0.15) is 66.9 Å². The normalized spacial score (nSPS) is 19.9. The summed E-state index contributed by atoms with van der Waals surface area (Å²) in [6.07, 6.45) is 4.71. The van der Waals surface area contributed by atoms with Gasteiger partial charge in [0.2, 0.25) is 17.7 Å². The first-order valence-corrected chi connectivity index (χ1v) is 18.1. The van der Waals surface area contributed by atoms with E-state index in [1.807, 2.05) is 7.05 Å². The highest BCUT2D eigenvalue weighted by Crippen LogP contribution is 2.34. The van der Waals surface area contributed by atoms with Crippen LogP contribution in [0, 0.1) is 17.7 Å². The number of pyridine rings is 1. The monoisotopic (exact) mass is 743 g/mol. The van der Waals surface area contributed by atoms with E-state index in [9.17, 15) is 19.2 Å². The highest BCUT2D eigenvalue weighted by Gasteiger charge is 2.45. The number of aromatic nitrogens is 2. The van der Waals surface area contributed by atoms with Crippen molar-refractivity contribution in [3.05, 3.63) is 70.6 Å². The van der Waals surface area contributed by atoms with Crippen molar-refractivity contribution in [3.63, 3.8) is 0 Å². The molecule has 3 aromatic rings. The molecule has 0 spiro atoms. The van der Waals surface area contributed by atoms with Gasteiger partial charge in [-0.2, -0.15) is 8.78 Å². The maximum absolute atomic E-state index is 15.8. The van der Waals surface area contributed by atoms with Gasteiger partial charge in [-0.3, -0.25) is 19.2 Å². The number of anilines is 1. The van der Waals surface area contributed by atoms with E-state index in [1.54, 1.807) is 17.2 Å². The summed E-state index contributed by atoms with van der Waals surface area (Å²) < 4.78 is 55.3. The highest BCUT2D eigenvalue weighted by atomic mass is 32.1. The molecule has 280 valence electrons. The van der Waals surface area contributed by atoms with Crippen LogP contribution in [-0.2, 0) is 20.3 Å². The maximum Gasteiger partial charge on any atom is 0.351 e. The number of rotatable bonds is 12. The molecule has 0 unspecified atom stereocenters. The summed E-state index contributed by atoms with van der Waals surface area (Å²) in [5, 5.41) is 9.13. The fourth-order valence-corrected chi connectivity index (χ4v) is 7.07. The summed E-state index contributed by atoms with van der Waals surface area (Å²) in [6, 6.07) is 3.84. The van der Waals surface area contributed by atoms with Gasteiger partial charge in [-0.05, 0) is 67.0 Å². The lowest BCUT2D eigenvalue weighted by Crippen LogP contribution is -2.55. The topological polar surface area (TPSA) is 146 Å². The van der Waals surface area contributed by atoms with Gasteiger partial charge >= 0.3 is 5.92 Å². The van der Waals surface area contributed by atoms with E-state index < -0.39 is 58.9 Å². The van der Waals surface area contributed by atoms with E-state index in [2.05, 4.69) is 37.1 Å². The van der Waals surface area contributed by atoms with E-state index in [1.165, 1.54) is 37.6 Å². The second kappa shape index (κ2) is 16.8. The molecule has 12 nitrogen and oxygen atoms in total. The van der Waals surface area contributed by atoms with Crippen molar-refractivity contribution >= 4 is 40.8 Å². The van der Waals surface area contributed by atoms with Gasteiger partial charge in [0.15, 0.2) is 0 Å². The first-order chi connectivity index (χ1) is 24.8. The number of amides is 4. The molecular formula is C36H44F3N7O5S. The number of nitrogens with zero attached hydrogens (tertiary/aromatic N) is 4. The molecule has 0 radical (unpaired) electrons. The van der Waals surface area contributed by atoms with Crippen LogP contribution in [0.15, 0.2) is 48.1 Å². The van der Waals surface area contributed by atoms with Gasteiger partial charge < -0.3 is 30.5 Å². The van der Waals surface area contributed by atoms with Crippen molar-refractivity contribution in [1.29, 1.82) is 0 Å². The number of hydrogen-bond acceptors (Lipinski definition) is 9. The van der Waals surface area contributed by atoms with Crippen molar-refractivity contribution < 1.29 is 37.1 Å². The smallest absolute Gasteiger partial charge is 0.351 e. The molecule has 3 heterocycles. The van der Waals surface area contributed by atoms with Crippen LogP contribution in [0.3, 0.4) is 0 Å². The third kappa shape index (κ3) is 9.07. The average Bonchev–Trinajstić information content (AvgIpc) is 3.69. The lowest BCUT2D eigenvalue weighted by atomic mass is 9.79. The fraction of sp³-hybridized carbons (Fsp3) is 0.500. The van der Waals surface area contributed by atoms with Crippen LogP contribution < -0.4 is 20.7 Å². The standard InChI is InChI=1S/C36H44F3N7O5S/c1-21-5-7-23(8-6-21)31(44-35(50)36(38,39)26-10-12-29(51-4)40-19-26)33(48)42-28-11-9-24(17-27(28)37)22(2)30(43-32(47)25-18-41-52-20-25)34(49)46-15-13-45(3)14-16-46/h9-12,17-23,30-31H,5-8,13-16H2,1-4H3,(H,42,48)(H,43,47)(H,44,50)/t21-,22-,23-,30+,31-/m0/s1. The second-order valence-corrected chi connectivity index (χ2v) is 14.3. The van der Waals surface area contributed by atoms with E-state index in [0.29, 0.717) is 56.1 Å². The number of likely N-dealkylation sites (N-methyl/N-ethyl adjacent to an activating group) is 1. The number of methoxy groups -OCH3 is 1. The summed E-state index contributed by atoms with van der Waals surface area (Å²) in [6.45, 7) is 6.01. The van der Waals surface area contributed by atoms with E-state index in [0.717, 1.165) is 36.6 Å². The Morgan fingerprint density at radius 2 is 1.71 bits per heavy atom. The Labute approximate surface area is 304 Å². The SMILES string of the molecule is COc1ccc(C(F)(F)C(=O)N[C@H](C(=O)Nc2ccc([C@H](C)[C@@H](NC(=O)c3cnsc3)C(=O)N3CCN(C)CC3)cc2F)[C@H]2CC[C@H](C)CC2)cn1. The molecule has 2 aliphatic rings. The largest absolute Gasteiger partial charge is 0.481 e. The molecule has 16 heteroatoms. The highest BCUT2D eigenvalue weighted by molar-refractivity contribution is 7.03. The van der Waals surface area contributed by atoms with Crippen LogP contribution in [0.2, 0.25) is 0 Å². The zero-order chi connectivity index (χ0) is 37.6. The molecular weight excluding hydrogens is 700 g/mol. The Morgan fingerprint density at radius 3 is 2.31 bits per heavy atom. The van der Waals surface area contributed by atoms with Crippen LogP contribution in [0.4, 0.5) is 18.9 Å². The van der Waals surface area contributed by atoms with Gasteiger partial charge in [0.05, 0.1) is 24.6 Å². The van der Waals surface area contributed by atoms with Crippen LogP contribution in [0.5, 0.6) is 5.88 Å². The number of alkyl halides is 2. The van der Waals surface area contributed by atoms with Crippen molar-refractivity contribution in [2.24, 2.45) is 11.8 Å². The Kier molecular flexibility index (Phi) is 12.5. The Morgan fingerprint density at radius 1 is 1.00 bits per heavy atom. The van der Waals surface area contributed by atoms with Crippen molar-refractivity contribution in [2.75, 3.05) is 45.7 Å². The second-order valence-electron chi connectivity index (χ2n) is 13.6. The quantitative estimate of drug-likeness (QED) is 0.248. The Bertz CT molecular complexity index is 1710. The van der Waals surface area contributed by atoms with Gasteiger partial charge in [0, 0.05) is 55.3 Å². The summed E-state index contributed by atoms with van der Waals surface area (Å²) in [4.78, 5) is 61.1. The molecule has 1 saturated carbocycles. The van der Waals surface area contributed by atoms with Gasteiger partial charge in [0.1, 0.15) is 17.9 Å². The number of carbonyl (C=O) groups is 4. The van der Waals surface area contributed by atoms with Crippen molar-refractivity contribution in [3.8, 4) is 5.88 Å². The number of ether oxygens (including phenoxy) is 1. The molecule has 3 atom stereocenters. The maximum atomic E-state index is 15.8. The van der Waals surface area contributed by atoms with Gasteiger partial charge in [-0.1, -0.05) is 32.8 Å². The van der Waals surface area contributed by atoms with E-state index in [-0.39, 0.29) is 17.5 Å². The summed E-state index contributed by atoms with van der Waals surface area (Å²) in [5.41, 5.74) is -0.230. The van der Waals surface area contributed by atoms with Crippen LogP contribution >= 0.6 is 11.5 Å². The molecule has 1 aromatic carbocycles. The van der Waals surface area contributed by atoms with Gasteiger partial charge in [-0.15, -0.1) is 0 Å². The van der Waals surface area contributed by atoms with Gasteiger partial charge in [0.25, 0.3) is 11.8 Å². The lowest BCUT2D eigenvalue weighted by Gasteiger charge is -2.36. The molecule has 0 bridgehead atoms. The van der Waals surface area contributed by atoms with Crippen LogP contribution in [0.25, 0.3) is 0 Å². The third-order valence-electron chi connectivity index (χ3n) is 10.0. The molecule has 4 amide bonds. The molecule has 2 fully saturated rings. The molecule has 1 aliphatic carbocycles. The number of piperazine rings is 1. The summed E-state index contributed by atoms with van der Waals surface area (Å²) >= 11 is 1.10. The van der Waals surface area contributed by atoms with Crippen molar-refractivity contribution in [2.45, 2.75) is 63.5 Å². The summed E-state index contributed by atoms with van der Waals surface area (Å²) in [5.74, 6) is -8.86. The predicted octanol–water partition coefficient (Wildman–Crippen LogP) is 4.40. The lowest BCUT2D eigenvalue weighted by molar-refractivity contribution is -0.149. The first kappa shape index (κ1) is 38.7. The molecule has 3 N–H and O–H groups in total. The number of benzene rings is 1. The predicted molar refractivity (Wildman–Crippen MR) is 189 cm³/mol. The minimum Gasteiger partial charge on any atom is -0.481 e. The molecule has 1 aliphatic heterocycles. The Hall–Kier alpha value is -4.57. The zero-order valence-electron chi connectivity index (χ0n) is 29.5.